The molecular weight excluding hydrogens is 634 g/mol. The van der Waals surface area contributed by atoms with Crippen molar-refractivity contribution in [1.29, 1.82) is 0 Å². The first-order valence-electron chi connectivity index (χ1n) is 14.6. The molecule has 4 heterocycles. The Morgan fingerprint density at radius 2 is 1.39 bits per heavy atom. The molecule has 0 aliphatic carbocycles. The molecule has 2 aromatic carbocycles. The summed E-state index contributed by atoms with van der Waals surface area (Å²) in [6, 6.07) is 16.3. The number of nitrogens with one attached hydrogen (secondary N) is 4. The van der Waals surface area contributed by atoms with E-state index in [1.807, 2.05) is 12.4 Å². The fourth-order valence-corrected chi connectivity index (χ4v) is 5.70. The summed E-state index contributed by atoms with van der Waals surface area (Å²) < 4.78 is 0. The third-order valence-corrected chi connectivity index (χ3v) is 8.06. The van der Waals surface area contributed by atoms with E-state index < -0.39 is 0 Å². The molecule has 10 heteroatoms. The molecule has 6 nitrogen and oxygen atoms in total. The Labute approximate surface area is 286 Å². The normalized spacial score (nSPS) is 18.1. The molecule has 2 aliphatic rings. The van der Waals surface area contributed by atoms with Gasteiger partial charge in [0.1, 0.15) is 11.6 Å². The maximum Gasteiger partial charge on any atom is 0.123 e. The van der Waals surface area contributed by atoms with Crippen molar-refractivity contribution < 1.29 is 0 Å². The quantitative estimate of drug-likeness (QED) is 0.147. The summed E-state index contributed by atoms with van der Waals surface area (Å²) in [5.41, 5.74) is 8.23. The number of rotatable bonds is 7. The highest BCUT2D eigenvalue weighted by Gasteiger charge is 2.20. The van der Waals surface area contributed by atoms with Crippen molar-refractivity contribution in [1.82, 2.24) is 30.6 Å². The van der Waals surface area contributed by atoms with Crippen LogP contribution >= 0.6 is 49.6 Å². The maximum atomic E-state index is 4.71. The van der Waals surface area contributed by atoms with Gasteiger partial charge in [0.25, 0.3) is 0 Å². The van der Waals surface area contributed by atoms with Gasteiger partial charge in [-0.3, -0.25) is 0 Å². The van der Waals surface area contributed by atoms with E-state index in [0.717, 1.165) is 54.5 Å². The van der Waals surface area contributed by atoms with Gasteiger partial charge >= 0.3 is 0 Å². The minimum Gasteiger partial charge on any atom is -0.341 e. The summed E-state index contributed by atoms with van der Waals surface area (Å²) in [6.45, 7) is 8.92. The maximum absolute atomic E-state index is 4.71. The van der Waals surface area contributed by atoms with Gasteiger partial charge in [-0.2, -0.15) is 0 Å². The van der Waals surface area contributed by atoms with Gasteiger partial charge in [-0.25, -0.2) is 9.97 Å². The van der Waals surface area contributed by atoms with E-state index in [2.05, 4.69) is 113 Å². The summed E-state index contributed by atoms with van der Waals surface area (Å²) in [5.74, 6) is 2.06. The van der Waals surface area contributed by atoms with Crippen LogP contribution in [0.2, 0.25) is 0 Å². The van der Waals surface area contributed by atoms with Gasteiger partial charge in [-0.15, -0.1) is 49.6 Å². The molecule has 2 aromatic heterocycles. The Bertz CT molecular complexity index is 1520. The average molecular weight is 679 g/mol. The number of hydrogen-bond acceptors (Lipinski definition) is 4. The van der Waals surface area contributed by atoms with Crippen LogP contribution in [-0.2, 0) is 5.41 Å². The minimum absolute atomic E-state index is 0. The molecule has 4 aromatic rings. The van der Waals surface area contributed by atoms with Crippen molar-refractivity contribution >= 4 is 61.8 Å². The molecule has 2 fully saturated rings. The first-order valence-corrected chi connectivity index (χ1v) is 14.6. The van der Waals surface area contributed by atoms with Crippen molar-refractivity contribution in [2.24, 2.45) is 0 Å². The molecule has 0 spiro atoms. The van der Waals surface area contributed by atoms with Crippen molar-refractivity contribution in [2.45, 2.75) is 64.0 Å². The molecule has 0 radical (unpaired) electrons. The van der Waals surface area contributed by atoms with E-state index in [9.17, 15) is 0 Å². The van der Waals surface area contributed by atoms with Crippen molar-refractivity contribution in [2.75, 3.05) is 13.1 Å². The molecule has 44 heavy (non-hydrogen) atoms. The van der Waals surface area contributed by atoms with Gasteiger partial charge < -0.3 is 20.6 Å². The fourth-order valence-electron chi connectivity index (χ4n) is 5.70. The van der Waals surface area contributed by atoms with Gasteiger partial charge in [0.2, 0.25) is 0 Å². The monoisotopic (exact) mass is 676 g/mol. The Morgan fingerprint density at radius 3 is 2.05 bits per heavy atom. The lowest BCUT2D eigenvalue weighted by Crippen LogP contribution is -2.14. The predicted octanol–water partition coefficient (Wildman–Crippen LogP) is 9.03. The van der Waals surface area contributed by atoms with Gasteiger partial charge in [-0.05, 0) is 78.6 Å². The summed E-state index contributed by atoms with van der Waals surface area (Å²) in [7, 11) is 0. The fraction of sp³-hybridized carbons (Fsp3) is 0.353. The van der Waals surface area contributed by atoms with Crippen LogP contribution in [0.1, 0.15) is 87.0 Å². The smallest absolute Gasteiger partial charge is 0.123 e. The van der Waals surface area contributed by atoms with Crippen LogP contribution in [0.4, 0.5) is 0 Å². The number of benzene rings is 2. The number of H-pyrrole nitrogens is 2. The van der Waals surface area contributed by atoms with Crippen LogP contribution in [0.5, 0.6) is 0 Å². The summed E-state index contributed by atoms with van der Waals surface area (Å²) in [6.07, 6.45) is 17.0. The number of allylic oxidation sites excluding steroid dienone is 2. The lowest BCUT2D eigenvalue weighted by atomic mass is 9.84. The van der Waals surface area contributed by atoms with Crippen LogP contribution in [0.25, 0.3) is 34.5 Å². The molecule has 0 saturated carbocycles. The number of hydrogen-bond donors (Lipinski definition) is 4. The van der Waals surface area contributed by atoms with Crippen molar-refractivity contribution in [3.8, 4) is 22.4 Å². The zero-order valence-electron chi connectivity index (χ0n) is 25.4. The Kier molecular flexibility index (Phi) is 14.2. The molecule has 2 atom stereocenters. The third kappa shape index (κ3) is 8.78. The highest BCUT2D eigenvalue weighted by atomic mass is 35.5. The highest BCUT2D eigenvalue weighted by Crippen LogP contribution is 2.34. The van der Waals surface area contributed by atoms with E-state index in [1.54, 1.807) is 0 Å². The molecule has 4 N–H and O–H groups in total. The standard InChI is InChI=1S/C34H40N6.4ClH/c1-34(2,3)26-11-6-10-24(19-26)28-20-25(31-22-38-33(40-31)30-14-8-18-36-30)16-15-23(28)9-4-5-12-27-21-37-32(39-27)29-13-7-17-35-29;;;;/h4-6,9-12,15-16,19-22,29-30,35-36H,7-8,13-14,17-18H2,1-3H3,(H,37,39)(H,38,40);4*1H/t29-,30-;;;;/m0..../s1. The summed E-state index contributed by atoms with van der Waals surface area (Å²) in [4.78, 5) is 16.3. The average Bonchev–Trinajstić information content (AvgIpc) is 3.77. The van der Waals surface area contributed by atoms with E-state index in [4.69, 9.17) is 4.98 Å². The molecule has 0 amide bonds. The largest absolute Gasteiger partial charge is 0.341 e. The van der Waals surface area contributed by atoms with Crippen LogP contribution in [0.3, 0.4) is 0 Å². The Morgan fingerprint density at radius 1 is 0.727 bits per heavy atom. The summed E-state index contributed by atoms with van der Waals surface area (Å²) >= 11 is 0. The van der Waals surface area contributed by atoms with E-state index in [0.29, 0.717) is 12.1 Å². The zero-order chi connectivity index (χ0) is 27.5. The second kappa shape index (κ2) is 16.6. The number of halogens is 4. The number of aromatic amines is 2. The van der Waals surface area contributed by atoms with Gasteiger partial charge in [0, 0.05) is 5.56 Å². The van der Waals surface area contributed by atoms with E-state index in [-0.39, 0.29) is 55.0 Å². The number of nitrogens with zero attached hydrogens (tertiary/aromatic N) is 2. The molecule has 238 valence electrons. The Hall–Kier alpha value is -2.58. The SMILES string of the molecule is CC(C)(C)c1cccc(-c2cc(-c3cnc([C@@H]4CCCN4)[nH]3)ccc2C=CC=Cc2cnc([C@@H]3CCCN3)[nH]2)c1.Cl.Cl.Cl.Cl. The predicted molar refractivity (Wildman–Crippen MR) is 194 cm³/mol. The van der Waals surface area contributed by atoms with E-state index >= 15 is 0 Å². The first-order chi connectivity index (χ1) is 19.4. The van der Waals surface area contributed by atoms with Gasteiger partial charge in [-0.1, -0.05) is 75.4 Å². The van der Waals surface area contributed by atoms with Crippen molar-refractivity contribution in [3.05, 3.63) is 95.5 Å². The second-order valence-electron chi connectivity index (χ2n) is 12.1. The first kappa shape index (κ1) is 37.6. The highest BCUT2D eigenvalue weighted by molar-refractivity contribution is 5.86. The van der Waals surface area contributed by atoms with Crippen LogP contribution in [0.15, 0.2) is 67.0 Å². The number of imidazole rings is 2. The third-order valence-electron chi connectivity index (χ3n) is 8.06. The van der Waals surface area contributed by atoms with Crippen LogP contribution in [-0.4, -0.2) is 33.0 Å². The lowest BCUT2D eigenvalue weighted by molar-refractivity contribution is 0.590. The number of aromatic nitrogens is 4. The molecule has 0 bridgehead atoms. The zero-order valence-corrected chi connectivity index (χ0v) is 28.7. The topological polar surface area (TPSA) is 81.4 Å². The van der Waals surface area contributed by atoms with Gasteiger partial charge in [0.05, 0.1) is 35.9 Å². The van der Waals surface area contributed by atoms with Crippen LogP contribution < -0.4 is 10.6 Å². The molecule has 2 saturated heterocycles. The molecule has 6 rings (SSSR count). The lowest BCUT2D eigenvalue weighted by Gasteiger charge is -2.20. The van der Waals surface area contributed by atoms with Gasteiger partial charge in [0.15, 0.2) is 0 Å². The molecular formula is C34H44Cl4N6. The second-order valence-corrected chi connectivity index (χ2v) is 12.1. The molecule has 2 aliphatic heterocycles. The minimum atomic E-state index is 0. The Balaban J connectivity index is 0.00000169. The van der Waals surface area contributed by atoms with E-state index in [1.165, 1.54) is 35.1 Å². The van der Waals surface area contributed by atoms with Crippen molar-refractivity contribution in [3.63, 3.8) is 0 Å². The van der Waals surface area contributed by atoms with Crippen LogP contribution in [0, 0.1) is 0 Å². The molecule has 0 unspecified atom stereocenters. The summed E-state index contributed by atoms with van der Waals surface area (Å²) in [5, 5.41) is 7.04.